The van der Waals surface area contributed by atoms with E-state index in [1.54, 1.807) is 4.57 Å². The van der Waals surface area contributed by atoms with Crippen molar-refractivity contribution in [2.75, 3.05) is 0 Å². The number of rotatable bonds is 1. The van der Waals surface area contributed by atoms with Crippen molar-refractivity contribution in [3.63, 3.8) is 0 Å². The number of hydrogen-bond acceptors (Lipinski definition) is 4. The van der Waals surface area contributed by atoms with Gasteiger partial charge < -0.3 is 4.74 Å². The van der Waals surface area contributed by atoms with Crippen LogP contribution in [0.3, 0.4) is 0 Å². The van der Waals surface area contributed by atoms with Gasteiger partial charge in [-0.15, -0.1) is 0 Å². The predicted octanol–water partition coefficient (Wildman–Crippen LogP) is 2.60. The van der Waals surface area contributed by atoms with Crippen LogP contribution in [0.1, 0.15) is 47.3 Å². The Hall–Kier alpha value is -2.69. The summed E-state index contributed by atoms with van der Waals surface area (Å²) >= 11 is 0. The van der Waals surface area contributed by atoms with Crippen LogP contribution in [-0.2, 0) is 17.6 Å². The first kappa shape index (κ1) is 14.9. The first-order chi connectivity index (χ1) is 11.7. The molecule has 0 amide bonds. The standard InChI is InChI=1S/C19H17NO4/c21-15-11-16(22)24-18-13-9-5-2-6-10-14(13)20(19(23)17(15)18)12-7-3-1-4-8-12/h1,3-4,7-8H,2,5-6,9-11H2. The molecule has 1 aromatic carbocycles. The van der Waals surface area contributed by atoms with Crippen molar-refractivity contribution in [3.05, 3.63) is 57.5 Å². The van der Waals surface area contributed by atoms with E-state index in [4.69, 9.17) is 4.74 Å². The molecular formula is C19H17NO4. The lowest BCUT2D eigenvalue weighted by molar-refractivity contribution is -0.133. The lowest BCUT2D eigenvalue weighted by Crippen LogP contribution is -2.35. The van der Waals surface area contributed by atoms with Gasteiger partial charge in [-0.2, -0.15) is 0 Å². The molecule has 0 bridgehead atoms. The van der Waals surface area contributed by atoms with Gasteiger partial charge in [0.05, 0.1) is 0 Å². The van der Waals surface area contributed by atoms with Gasteiger partial charge in [-0.05, 0) is 37.8 Å². The molecule has 5 nitrogen and oxygen atoms in total. The monoisotopic (exact) mass is 323 g/mol. The molecule has 1 aromatic heterocycles. The van der Waals surface area contributed by atoms with E-state index in [1.165, 1.54) is 0 Å². The highest BCUT2D eigenvalue weighted by molar-refractivity contribution is 6.11. The summed E-state index contributed by atoms with van der Waals surface area (Å²) in [6.45, 7) is 0. The number of carbonyl (C=O) groups excluding carboxylic acids is 2. The summed E-state index contributed by atoms with van der Waals surface area (Å²) in [6.07, 6.45) is 4.06. The number of esters is 1. The fraction of sp³-hybridized carbons (Fsp3) is 0.316. The van der Waals surface area contributed by atoms with Crippen molar-refractivity contribution in [1.82, 2.24) is 4.57 Å². The molecule has 0 atom stereocenters. The minimum absolute atomic E-state index is 0.0269. The van der Waals surface area contributed by atoms with Crippen molar-refractivity contribution in [3.8, 4) is 11.4 Å². The van der Waals surface area contributed by atoms with Gasteiger partial charge in [0, 0.05) is 16.9 Å². The van der Waals surface area contributed by atoms with Crippen LogP contribution in [0.15, 0.2) is 35.1 Å². The summed E-state index contributed by atoms with van der Waals surface area (Å²) < 4.78 is 6.99. The zero-order valence-corrected chi connectivity index (χ0v) is 13.2. The molecule has 2 aromatic rings. The molecule has 0 unspecified atom stereocenters. The van der Waals surface area contributed by atoms with Gasteiger partial charge in [0.2, 0.25) is 0 Å². The summed E-state index contributed by atoms with van der Waals surface area (Å²) in [5.74, 6) is -0.802. The topological polar surface area (TPSA) is 65.4 Å². The quantitative estimate of drug-likeness (QED) is 0.460. The van der Waals surface area contributed by atoms with Crippen LogP contribution < -0.4 is 10.3 Å². The first-order valence-electron chi connectivity index (χ1n) is 8.27. The molecule has 0 radical (unpaired) electrons. The van der Waals surface area contributed by atoms with Crippen LogP contribution in [0.2, 0.25) is 0 Å². The summed E-state index contributed by atoms with van der Waals surface area (Å²) in [7, 11) is 0. The van der Waals surface area contributed by atoms with Crippen molar-refractivity contribution in [2.45, 2.75) is 38.5 Å². The molecule has 1 aliphatic carbocycles. The maximum Gasteiger partial charge on any atom is 0.319 e. The molecule has 0 saturated heterocycles. The van der Waals surface area contributed by atoms with E-state index in [-0.39, 0.29) is 23.3 Å². The molecule has 1 aliphatic heterocycles. The fourth-order valence-corrected chi connectivity index (χ4v) is 3.62. The van der Waals surface area contributed by atoms with Crippen LogP contribution >= 0.6 is 0 Å². The Bertz CT molecular complexity index is 896. The molecule has 0 fully saturated rings. The molecule has 4 rings (SSSR count). The van der Waals surface area contributed by atoms with Crippen LogP contribution in [-0.4, -0.2) is 16.3 Å². The minimum Gasteiger partial charge on any atom is -0.425 e. The number of Topliss-reactive ketones (excluding diaryl/α,β-unsaturated/α-hetero) is 1. The zero-order chi connectivity index (χ0) is 16.7. The molecule has 2 aliphatic rings. The number of pyridine rings is 1. The summed E-state index contributed by atoms with van der Waals surface area (Å²) in [4.78, 5) is 37.1. The highest BCUT2D eigenvalue weighted by atomic mass is 16.5. The molecule has 5 heteroatoms. The Morgan fingerprint density at radius 3 is 2.46 bits per heavy atom. The van der Waals surface area contributed by atoms with E-state index < -0.39 is 11.8 Å². The lowest BCUT2D eigenvalue weighted by Gasteiger charge is -2.23. The zero-order valence-electron chi connectivity index (χ0n) is 13.2. The number of ketones is 1. The Balaban J connectivity index is 2.08. The molecule has 24 heavy (non-hydrogen) atoms. The molecule has 122 valence electrons. The smallest absolute Gasteiger partial charge is 0.319 e. The van der Waals surface area contributed by atoms with Crippen LogP contribution in [0, 0.1) is 0 Å². The first-order valence-corrected chi connectivity index (χ1v) is 8.27. The van der Waals surface area contributed by atoms with Crippen molar-refractivity contribution >= 4 is 11.8 Å². The highest BCUT2D eigenvalue weighted by Gasteiger charge is 2.34. The van der Waals surface area contributed by atoms with Gasteiger partial charge in [0.1, 0.15) is 12.0 Å². The average molecular weight is 323 g/mol. The number of hydrogen-bond donors (Lipinski definition) is 0. The highest BCUT2D eigenvalue weighted by Crippen LogP contribution is 2.34. The SMILES string of the molecule is O=C1CC(=O)c2c(c3c(n(-c4ccccc4)c2=O)CCCCC3)O1. The second-order valence-electron chi connectivity index (χ2n) is 6.24. The normalized spacial score (nSPS) is 16.8. The molecule has 2 heterocycles. The number of para-hydroxylation sites is 1. The second-order valence-corrected chi connectivity index (χ2v) is 6.24. The number of carbonyl (C=O) groups is 2. The average Bonchev–Trinajstić information content (AvgIpc) is 2.81. The molecule has 0 saturated carbocycles. The van der Waals surface area contributed by atoms with Gasteiger partial charge in [-0.25, -0.2) is 0 Å². The Kier molecular flexibility index (Phi) is 3.56. The van der Waals surface area contributed by atoms with E-state index >= 15 is 0 Å². The van der Waals surface area contributed by atoms with Gasteiger partial charge in [-0.1, -0.05) is 24.6 Å². The van der Waals surface area contributed by atoms with Gasteiger partial charge >= 0.3 is 5.97 Å². The minimum atomic E-state index is -0.573. The number of ether oxygens (including phenoxy) is 1. The Morgan fingerprint density at radius 2 is 1.67 bits per heavy atom. The van der Waals surface area contributed by atoms with Crippen molar-refractivity contribution in [2.24, 2.45) is 0 Å². The van der Waals surface area contributed by atoms with Gasteiger partial charge in [0.15, 0.2) is 11.5 Å². The summed E-state index contributed by atoms with van der Waals surface area (Å²) in [6, 6.07) is 9.34. The van der Waals surface area contributed by atoms with Crippen LogP contribution in [0.25, 0.3) is 5.69 Å². The lowest BCUT2D eigenvalue weighted by atomic mass is 9.98. The predicted molar refractivity (Wildman–Crippen MR) is 87.9 cm³/mol. The van der Waals surface area contributed by atoms with Crippen molar-refractivity contribution < 1.29 is 14.3 Å². The van der Waals surface area contributed by atoms with E-state index in [0.717, 1.165) is 42.6 Å². The van der Waals surface area contributed by atoms with Crippen LogP contribution in [0.5, 0.6) is 5.75 Å². The Morgan fingerprint density at radius 1 is 0.917 bits per heavy atom. The Labute approximate surface area is 138 Å². The number of aromatic nitrogens is 1. The van der Waals surface area contributed by atoms with Gasteiger partial charge in [0.25, 0.3) is 5.56 Å². The van der Waals surface area contributed by atoms with Gasteiger partial charge in [-0.3, -0.25) is 19.0 Å². The molecular weight excluding hydrogens is 306 g/mol. The summed E-state index contributed by atoms with van der Waals surface area (Å²) in [5, 5.41) is 0. The second kappa shape index (κ2) is 5.74. The van der Waals surface area contributed by atoms with E-state index in [0.29, 0.717) is 6.42 Å². The van der Waals surface area contributed by atoms with Crippen LogP contribution in [0.4, 0.5) is 0 Å². The number of nitrogens with zero attached hydrogens (tertiary/aromatic N) is 1. The number of fused-ring (bicyclic) bond motifs is 3. The largest absolute Gasteiger partial charge is 0.425 e. The fourth-order valence-electron chi connectivity index (χ4n) is 3.62. The number of benzene rings is 1. The molecule has 0 N–H and O–H groups in total. The third-order valence-electron chi connectivity index (χ3n) is 4.69. The van der Waals surface area contributed by atoms with E-state index in [2.05, 4.69) is 0 Å². The van der Waals surface area contributed by atoms with E-state index in [9.17, 15) is 14.4 Å². The maximum atomic E-state index is 13.1. The summed E-state index contributed by atoms with van der Waals surface area (Å²) in [5.41, 5.74) is 2.10. The third kappa shape index (κ3) is 2.28. The third-order valence-corrected chi connectivity index (χ3v) is 4.69. The van der Waals surface area contributed by atoms with E-state index in [1.807, 2.05) is 30.3 Å². The molecule has 0 spiro atoms. The van der Waals surface area contributed by atoms with Crippen molar-refractivity contribution in [1.29, 1.82) is 0 Å². The maximum absolute atomic E-state index is 13.1.